The van der Waals surface area contributed by atoms with Crippen LogP contribution >= 0.6 is 0 Å². The minimum absolute atomic E-state index is 0.00417. The highest BCUT2D eigenvalue weighted by Gasteiger charge is 2.37. The van der Waals surface area contributed by atoms with Gasteiger partial charge in [0.25, 0.3) is 5.82 Å². The number of anilines is 1. The third-order valence-electron chi connectivity index (χ3n) is 3.42. The van der Waals surface area contributed by atoms with Crippen LogP contribution < -0.4 is 11.1 Å². The van der Waals surface area contributed by atoms with Crippen LogP contribution in [0.25, 0.3) is 5.65 Å². The third-order valence-corrected chi connectivity index (χ3v) is 3.42. The number of halogens is 3. The predicted octanol–water partition coefficient (Wildman–Crippen LogP) is 1.43. The van der Waals surface area contributed by atoms with Gasteiger partial charge in [0.05, 0.1) is 0 Å². The summed E-state index contributed by atoms with van der Waals surface area (Å²) in [5, 5.41) is 13.6. The van der Waals surface area contributed by atoms with Gasteiger partial charge in [-0.15, -0.1) is 15.3 Å². The molecular formula is C11H13F3N6. The molecule has 108 valence electrons. The molecule has 2 atom stereocenters. The first-order valence-electron chi connectivity index (χ1n) is 6.27. The molecule has 20 heavy (non-hydrogen) atoms. The van der Waals surface area contributed by atoms with E-state index in [9.17, 15) is 13.2 Å². The molecule has 1 aliphatic carbocycles. The molecule has 3 N–H and O–H groups in total. The Kier molecular flexibility index (Phi) is 3.00. The molecule has 3 rings (SSSR count). The molecule has 0 aromatic carbocycles. The van der Waals surface area contributed by atoms with Gasteiger partial charge in [-0.2, -0.15) is 17.7 Å². The highest BCUT2D eigenvalue weighted by Crippen LogP contribution is 2.28. The first-order valence-corrected chi connectivity index (χ1v) is 6.27. The molecule has 1 fully saturated rings. The van der Waals surface area contributed by atoms with Crippen molar-refractivity contribution in [2.24, 2.45) is 5.73 Å². The summed E-state index contributed by atoms with van der Waals surface area (Å²) in [5.41, 5.74) is 5.97. The Morgan fingerprint density at radius 1 is 1.25 bits per heavy atom. The molecular weight excluding hydrogens is 273 g/mol. The van der Waals surface area contributed by atoms with E-state index >= 15 is 0 Å². The average molecular weight is 286 g/mol. The number of aromatic nitrogens is 4. The Hall–Kier alpha value is -1.90. The smallest absolute Gasteiger partial charge is 0.364 e. The van der Waals surface area contributed by atoms with E-state index in [0.717, 1.165) is 19.3 Å². The number of rotatable bonds is 2. The van der Waals surface area contributed by atoms with Crippen LogP contribution in [0.15, 0.2) is 12.1 Å². The lowest BCUT2D eigenvalue weighted by Crippen LogP contribution is -2.35. The van der Waals surface area contributed by atoms with E-state index in [2.05, 4.69) is 20.6 Å². The monoisotopic (exact) mass is 286 g/mol. The molecule has 0 aliphatic heterocycles. The maximum absolute atomic E-state index is 12.7. The number of nitrogens with one attached hydrogen (secondary N) is 1. The second-order valence-electron chi connectivity index (χ2n) is 4.86. The van der Waals surface area contributed by atoms with Crippen molar-refractivity contribution < 1.29 is 13.2 Å². The van der Waals surface area contributed by atoms with Crippen LogP contribution in [0.3, 0.4) is 0 Å². The fraction of sp³-hybridized carbons (Fsp3) is 0.545. The highest BCUT2D eigenvalue weighted by molar-refractivity contribution is 5.45. The fourth-order valence-corrected chi connectivity index (χ4v) is 2.40. The van der Waals surface area contributed by atoms with Crippen LogP contribution in [-0.4, -0.2) is 31.9 Å². The second kappa shape index (κ2) is 4.58. The van der Waals surface area contributed by atoms with Crippen LogP contribution in [-0.2, 0) is 6.18 Å². The van der Waals surface area contributed by atoms with Crippen molar-refractivity contribution in [2.45, 2.75) is 37.5 Å². The van der Waals surface area contributed by atoms with Gasteiger partial charge in [-0.1, -0.05) is 0 Å². The van der Waals surface area contributed by atoms with Gasteiger partial charge in [0.2, 0.25) is 0 Å². The van der Waals surface area contributed by atoms with Crippen molar-refractivity contribution >= 4 is 11.5 Å². The lowest BCUT2D eigenvalue weighted by atomic mass is 10.2. The van der Waals surface area contributed by atoms with Crippen LogP contribution in [0, 0.1) is 0 Å². The summed E-state index contributed by atoms with van der Waals surface area (Å²) in [5.74, 6) is -0.794. The Morgan fingerprint density at radius 3 is 2.70 bits per heavy atom. The van der Waals surface area contributed by atoms with Gasteiger partial charge in [-0.3, -0.25) is 0 Å². The molecule has 6 nitrogen and oxygen atoms in total. The quantitative estimate of drug-likeness (QED) is 0.873. The minimum Gasteiger partial charge on any atom is -0.364 e. The normalized spacial score (nSPS) is 23.4. The van der Waals surface area contributed by atoms with E-state index in [1.807, 2.05) is 0 Å². The van der Waals surface area contributed by atoms with Crippen LogP contribution in [0.4, 0.5) is 19.0 Å². The van der Waals surface area contributed by atoms with E-state index in [4.69, 9.17) is 5.73 Å². The zero-order valence-electron chi connectivity index (χ0n) is 10.4. The number of nitrogens with zero attached hydrogens (tertiary/aromatic N) is 4. The maximum atomic E-state index is 12.7. The summed E-state index contributed by atoms with van der Waals surface area (Å²) in [7, 11) is 0. The zero-order valence-corrected chi connectivity index (χ0v) is 10.4. The first kappa shape index (κ1) is 13.1. The maximum Gasteiger partial charge on any atom is 0.453 e. The average Bonchev–Trinajstić information content (AvgIpc) is 2.95. The SMILES string of the molecule is NC1CCCC1Nc1ccc2nnc(C(F)(F)F)n2n1. The van der Waals surface area contributed by atoms with E-state index in [0.29, 0.717) is 10.3 Å². The molecule has 0 bridgehead atoms. The Morgan fingerprint density at radius 2 is 2.05 bits per heavy atom. The van der Waals surface area contributed by atoms with Gasteiger partial charge in [0, 0.05) is 12.1 Å². The summed E-state index contributed by atoms with van der Waals surface area (Å²) in [6, 6.07) is 3.05. The number of hydrogen-bond donors (Lipinski definition) is 2. The van der Waals surface area contributed by atoms with Gasteiger partial charge in [0.1, 0.15) is 5.82 Å². The Balaban J connectivity index is 1.93. The topological polar surface area (TPSA) is 81.1 Å². The van der Waals surface area contributed by atoms with Gasteiger partial charge >= 0.3 is 6.18 Å². The molecule has 1 saturated carbocycles. The predicted molar refractivity (Wildman–Crippen MR) is 65.0 cm³/mol. The molecule has 0 radical (unpaired) electrons. The highest BCUT2D eigenvalue weighted by atomic mass is 19.4. The van der Waals surface area contributed by atoms with Gasteiger partial charge < -0.3 is 11.1 Å². The van der Waals surface area contributed by atoms with Gasteiger partial charge in [-0.25, -0.2) is 0 Å². The number of alkyl halides is 3. The van der Waals surface area contributed by atoms with E-state index in [1.165, 1.54) is 6.07 Å². The minimum atomic E-state index is -4.59. The summed E-state index contributed by atoms with van der Waals surface area (Å²) < 4.78 is 38.9. The zero-order chi connectivity index (χ0) is 14.3. The molecule has 1 aliphatic rings. The van der Waals surface area contributed by atoms with E-state index in [1.54, 1.807) is 6.07 Å². The van der Waals surface area contributed by atoms with Crippen molar-refractivity contribution in [3.63, 3.8) is 0 Å². The first-order chi connectivity index (χ1) is 9.45. The summed E-state index contributed by atoms with van der Waals surface area (Å²) in [4.78, 5) is 0. The summed E-state index contributed by atoms with van der Waals surface area (Å²) in [6.45, 7) is 0. The van der Waals surface area contributed by atoms with Crippen LogP contribution in [0.5, 0.6) is 0 Å². The van der Waals surface area contributed by atoms with Crippen molar-refractivity contribution in [3.05, 3.63) is 18.0 Å². The van der Waals surface area contributed by atoms with Gasteiger partial charge in [-0.05, 0) is 31.4 Å². The third kappa shape index (κ3) is 2.28. The van der Waals surface area contributed by atoms with Crippen LogP contribution in [0.2, 0.25) is 0 Å². The molecule has 2 unspecified atom stereocenters. The lowest BCUT2D eigenvalue weighted by Gasteiger charge is -2.17. The van der Waals surface area contributed by atoms with Crippen molar-refractivity contribution in [2.75, 3.05) is 5.32 Å². The van der Waals surface area contributed by atoms with E-state index in [-0.39, 0.29) is 17.7 Å². The lowest BCUT2D eigenvalue weighted by molar-refractivity contribution is -0.146. The van der Waals surface area contributed by atoms with Gasteiger partial charge in [0.15, 0.2) is 5.65 Å². The van der Waals surface area contributed by atoms with Crippen molar-refractivity contribution in [3.8, 4) is 0 Å². The fourth-order valence-electron chi connectivity index (χ4n) is 2.40. The molecule has 2 heterocycles. The van der Waals surface area contributed by atoms with E-state index < -0.39 is 12.0 Å². The molecule has 2 aromatic rings. The Labute approximate surface area is 112 Å². The van der Waals surface area contributed by atoms with Crippen molar-refractivity contribution in [1.29, 1.82) is 0 Å². The largest absolute Gasteiger partial charge is 0.453 e. The summed E-state index contributed by atoms with van der Waals surface area (Å²) >= 11 is 0. The standard InChI is InChI=1S/C11H13F3N6/c12-11(13,14)10-18-17-9-5-4-8(19-20(9)10)16-7-3-1-2-6(7)15/h4-7H,1-3,15H2,(H,16,19). The molecule has 0 saturated heterocycles. The molecule has 9 heteroatoms. The summed E-state index contributed by atoms with van der Waals surface area (Å²) in [6.07, 6.45) is -1.80. The molecule has 0 amide bonds. The molecule has 0 spiro atoms. The van der Waals surface area contributed by atoms with Crippen LogP contribution in [0.1, 0.15) is 25.1 Å². The number of hydrogen-bond acceptors (Lipinski definition) is 5. The second-order valence-corrected chi connectivity index (χ2v) is 4.86. The number of nitrogens with two attached hydrogens (primary N) is 1. The Bertz CT molecular complexity index is 622. The molecule has 2 aromatic heterocycles. The number of fused-ring (bicyclic) bond motifs is 1. The van der Waals surface area contributed by atoms with Crippen molar-refractivity contribution in [1.82, 2.24) is 19.8 Å².